The van der Waals surface area contributed by atoms with Crippen LogP contribution in [-0.2, 0) is 14.3 Å². The molecule has 26 heavy (non-hydrogen) atoms. The van der Waals surface area contributed by atoms with Crippen LogP contribution in [0.3, 0.4) is 0 Å². The van der Waals surface area contributed by atoms with Gasteiger partial charge in [-0.15, -0.1) is 0 Å². The second-order valence-electron chi connectivity index (χ2n) is 7.81. The van der Waals surface area contributed by atoms with Crippen molar-refractivity contribution >= 4 is 11.4 Å². The van der Waals surface area contributed by atoms with Crippen LogP contribution in [0.15, 0.2) is 17.9 Å². The van der Waals surface area contributed by atoms with Crippen LogP contribution in [0.5, 0.6) is 0 Å². The van der Waals surface area contributed by atoms with E-state index in [-0.39, 0.29) is 5.78 Å². The van der Waals surface area contributed by atoms with Crippen LogP contribution < -0.4 is 0 Å². The number of rotatable bonds is 5. The first-order chi connectivity index (χ1) is 12.4. The molecular weight excluding hydrogens is 328 g/mol. The molecule has 0 amide bonds. The van der Waals surface area contributed by atoms with Gasteiger partial charge in [-0.3, -0.25) is 4.79 Å². The smallest absolute Gasteiger partial charge is 0.172 e. The van der Waals surface area contributed by atoms with Crippen molar-refractivity contribution in [3.63, 3.8) is 0 Å². The van der Waals surface area contributed by atoms with Gasteiger partial charge in [0.25, 0.3) is 0 Å². The fourth-order valence-electron chi connectivity index (χ4n) is 4.54. The number of hydrogen-bond acceptors (Lipinski definition) is 4. The summed E-state index contributed by atoms with van der Waals surface area (Å²) in [4.78, 5) is 13.2. The number of benzene rings is 1. The zero-order valence-electron chi connectivity index (χ0n) is 16.3. The number of ether oxygens (including phenoxy) is 2. The van der Waals surface area contributed by atoms with Crippen molar-refractivity contribution < 1.29 is 19.4 Å². The number of aryl methyl sites for hydroxylation is 3. The third-order valence-corrected chi connectivity index (χ3v) is 5.82. The van der Waals surface area contributed by atoms with Gasteiger partial charge in [-0.05, 0) is 62.6 Å². The van der Waals surface area contributed by atoms with Gasteiger partial charge in [0.05, 0.1) is 24.7 Å². The Morgan fingerprint density at radius 2 is 1.81 bits per heavy atom. The van der Waals surface area contributed by atoms with Gasteiger partial charge in [0.1, 0.15) is 5.76 Å². The lowest BCUT2D eigenvalue weighted by Crippen LogP contribution is -2.30. The van der Waals surface area contributed by atoms with Crippen molar-refractivity contribution in [3.8, 4) is 0 Å². The molecule has 1 aromatic rings. The third kappa shape index (κ3) is 3.72. The Bertz CT molecular complexity index is 690. The van der Waals surface area contributed by atoms with E-state index in [2.05, 4.69) is 19.1 Å². The molecule has 4 nitrogen and oxygen atoms in total. The molecule has 1 saturated heterocycles. The summed E-state index contributed by atoms with van der Waals surface area (Å²) in [5, 5.41) is 10.8. The van der Waals surface area contributed by atoms with Crippen molar-refractivity contribution in [2.75, 3.05) is 20.3 Å². The summed E-state index contributed by atoms with van der Waals surface area (Å²) < 4.78 is 11.0. The van der Waals surface area contributed by atoms with Gasteiger partial charge in [-0.25, -0.2) is 0 Å². The molecule has 1 aliphatic carbocycles. The first-order valence-electron chi connectivity index (χ1n) is 9.57. The zero-order chi connectivity index (χ0) is 18.8. The standard InChI is InChI=1S/C22H30O4/c1-13-9-14(2)20(15(3)10-13)21-19(25-4)12-17(22(21)24)18(23)11-16-5-7-26-8-6-16/h9-10,16-18,23H,5-8,11-12H2,1-4H3. The summed E-state index contributed by atoms with van der Waals surface area (Å²) in [5.74, 6) is 0.768. The van der Waals surface area contributed by atoms with E-state index in [9.17, 15) is 9.90 Å². The van der Waals surface area contributed by atoms with E-state index in [0.717, 1.165) is 42.7 Å². The average Bonchev–Trinajstić information content (AvgIpc) is 2.92. The summed E-state index contributed by atoms with van der Waals surface area (Å²) >= 11 is 0. The van der Waals surface area contributed by atoms with Crippen molar-refractivity contribution in [2.24, 2.45) is 11.8 Å². The van der Waals surface area contributed by atoms with Crippen molar-refractivity contribution in [1.29, 1.82) is 0 Å². The van der Waals surface area contributed by atoms with E-state index in [4.69, 9.17) is 9.47 Å². The topological polar surface area (TPSA) is 55.8 Å². The van der Waals surface area contributed by atoms with E-state index < -0.39 is 12.0 Å². The zero-order valence-corrected chi connectivity index (χ0v) is 16.3. The molecular formula is C22H30O4. The quantitative estimate of drug-likeness (QED) is 0.871. The first-order valence-corrected chi connectivity index (χ1v) is 9.57. The van der Waals surface area contributed by atoms with E-state index >= 15 is 0 Å². The van der Waals surface area contributed by atoms with Gasteiger partial charge in [0, 0.05) is 19.6 Å². The highest BCUT2D eigenvalue weighted by Crippen LogP contribution is 2.41. The minimum Gasteiger partial charge on any atom is -0.500 e. The van der Waals surface area contributed by atoms with Crippen molar-refractivity contribution in [3.05, 3.63) is 40.1 Å². The van der Waals surface area contributed by atoms with Crippen LogP contribution in [0.4, 0.5) is 0 Å². The molecule has 0 aromatic heterocycles. The molecule has 3 rings (SSSR count). The minimum atomic E-state index is -0.626. The molecule has 0 radical (unpaired) electrons. The first kappa shape index (κ1) is 19.1. The third-order valence-electron chi connectivity index (χ3n) is 5.82. The van der Waals surface area contributed by atoms with E-state index in [1.807, 2.05) is 13.8 Å². The molecule has 0 bridgehead atoms. The minimum absolute atomic E-state index is 0.0245. The van der Waals surface area contributed by atoms with Crippen LogP contribution in [-0.4, -0.2) is 37.3 Å². The Morgan fingerprint density at radius 3 is 2.38 bits per heavy atom. The number of hydrogen-bond donors (Lipinski definition) is 1. The summed E-state index contributed by atoms with van der Waals surface area (Å²) in [5.41, 5.74) is 4.99. The van der Waals surface area contributed by atoms with Gasteiger partial charge in [0.2, 0.25) is 0 Å². The normalized spacial score (nSPS) is 22.8. The second-order valence-corrected chi connectivity index (χ2v) is 7.81. The van der Waals surface area contributed by atoms with Crippen molar-refractivity contribution in [1.82, 2.24) is 0 Å². The fraction of sp³-hybridized carbons (Fsp3) is 0.591. The monoisotopic (exact) mass is 358 g/mol. The maximum atomic E-state index is 13.2. The van der Waals surface area contributed by atoms with E-state index in [1.54, 1.807) is 7.11 Å². The molecule has 2 atom stereocenters. The van der Waals surface area contributed by atoms with E-state index in [0.29, 0.717) is 30.1 Å². The predicted octanol–water partition coefficient (Wildman–Crippen LogP) is 3.74. The van der Waals surface area contributed by atoms with Gasteiger partial charge in [-0.1, -0.05) is 17.7 Å². The highest BCUT2D eigenvalue weighted by Gasteiger charge is 2.40. The van der Waals surface area contributed by atoms with Crippen LogP contribution in [0, 0.1) is 32.6 Å². The Kier molecular flexibility index (Phi) is 5.83. The number of allylic oxidation sites excluding steroid dienone is 2. The lowest BCUT2D eigenvalue weighted by atomic mass is 9.85. The van der Waals surface area contributed by atoms with Gasteiger partial charge in [-0.2, -0.15) is 0 Å². The molecule has 1 aromatic carbocycles. The maximum absolute atomic E-state index is 13.2. The van der Waals surface area contributed by atoms with Gasteiger partial charge < -0.3 is 14.6 Å². The molecule has 0 saturated carbocycles. The summed E-state index contributed by atoms with van der Waals surface area (Å²) in [6.45, 7) is 7.64. The molecule has 0 spiro atoms. The van der Waals surface area contributed by atoms with E-state index in [1.165, 1.54) is 5.56 Å². The largest absolute Gasteiger partial charge is 0.500 e. The number of Topliss-reactive ketones (excluding diaryl/α,β-unsaturated/α-hetero) is 1. The predicted molar refractivity (Wildman–Crippen MR) is 102 cm³/mol. The molecule has 2 unspecified atom stereocenters. The highest BCUT2D eigenvalue weighted by molar-refractivity contribution is 6.25. The Hall–Kier alpha value is -1.65. The van der Waals surface area contributed by atoms with Gasteiger partial charge in [0.15, 0.2) is 5.78 Å². The SMILES string of the molecule is COC1=C(c2c(C)cc(C)cc2C)C(=O)C(C(O)CC2CCOCC2)C1. The molecule has 1 heterocycles. The summed E-state index contributed by atoms with van der Waals surface area (Å²) in [7, 11) is 1.62. The number of aliphatic hydroxyl groups excluding tert-OH is 1. The number of carbonyl (C=O) groups is 1. The lowest BCUT2D eigenvalue weighted by Gasteiger charge is -2.26. The van der Waals surface area contributed by atoms with Crippen LogP contribution in [0.2, 0.25) is 0 Å². The molecule has 1 aliphatic heterocycles. The number of aliphatic hydroxyl groups is 1. The molecule has 1 N–H and O–H groups in total. The maximum Gasteiger partial charge on any atom is 0.172 e. The average molecular weight is 358 g/mol. The Morgan fingerprint density at radius 1 is 1.19 bits per heavy atom. The molecule has 142 valence electrons. The van der Waals surface area contributed by atoms with Crippen LogP contribution in [0.1, 0.15) is 47.9 Å². The Labute approximate surface area is 156 Å². The highest BCUT2D eigenvalue weighted by atomic mass is 16.5. The summed E-state index contributed by atoms with van der Waals surface area (Å²) in [6, 6.07) is 4.20. The molecule has 4 heteroatoms. The number of ketones is 1. The van der Waals surface area contributed by atoms with Crippen LogP contribution >= 0.6 is 0 Å². The van der Waals surface area contributed by atoms with Gasteiger partial charge >= 0.3 is 0 Å². The fourth-order valence-corrected chi connectivity index (χ4v) is 4.54. The lowest BCUT2D eigenvalue weighted by molar-refractivity contribution is -0.120. The number of carbonyl (C=O) groups excluding carboxylic acids is 1. The number of methoxy groups -OCH3 is 1. The molecule has 1 fully saturated rings. The van der Waals surface area contributed by atoms with Crippen LogP contribution in [0.25, 0.3) is 5.57 Å². The second kappa shape index (κ2) is 7.93. The Balaban J connectivity index is 1.84. The summed E-state index contributed by atoms with van der Waals surface area (Å²) in [6.07, 6.45) is 2.45. The van der Waals surface area contributed by atoms with Crippen molar-refractivity contribution in [2.45, 2.75) is 52.6 Å². The molecule has 2 aliphatic rings.